The van der Waals surface area contributed by atoms with Gasteiger partial charge in [0, 0.05) is 4.47 Å². The van der Waals surface area contributed by atoms with Crippen molar-refractivity contribution in [2.24, 2.45) is 0 Å². The first-order valence-electron chi connectivity index (χ1n) is 3.30. The highest BCUT2D eigenvalue weighted by atomic mass is 127. The fourth-order valence-corrected chi connectivity index (χ4v) is 1.70. The summed E-state index contributed by atoms with van der Waals surface area (Å²) in [5.41, 5.74) is -0.0541. The van der Waals surface area contributed by atoms with Crippen LogP contribution in [-0.2, 0) is 6.61 Å². The van der Waals surface area contributed by atoms with Crippen molar-refractivity contribution in [2.75, 3.05) is 0 Å². The summed E-state index contributed by atoms with van der Waals surface area (Å²) in [5, 5.41) is 8.82. The van der Waals surface area contributed by atoms with Crippen LogP contribution in [0, 0.1) is 3.57 Å². The van der Waals surface area contributed by atoms with Gasteiger partial charge in [-0.05, 0) is 44.6 Å². The number of aromatic nitrogens is 1. The predicted octanol–water partition coefficient (Wildman–Crippen LogP) is 2.88. The molecule has 6 heteroatoms. The van der Waals surface area contributed by atoms with Gasteiger partial charge in [-0.25, -0.2) is 13.8 Å². The maximum Gasteiger partial charge on any atom is 0.280 e. The molecule has 72 valence electrons. The normalized spacial score (nSPS) is 10.9. The van der Waals surface area contributed by atoms with Crippen LogP contribution in [0.15, 0.2) is 10.5 Å². The van der Waals surface area contributed by atoms with Gasteiger partial charge in [0.1, 0.15) is 5.69 Å². The molecule has 1 aromatic heterocycles. The van der Waals surface area contributed by atoms with Gasteiger partial charge in [-0.1, -0.05) is 0 Å². The molecule has 0 aromatic carbocycles. The van der Waals surface area contributed by atoms with E-state index in [9.17, 15) is 8.78 Å². The van der Waals surface area contributed by atoms with Crippen molar-refractivity contribution in [3.8, 4) is 0 Å². The molecule has 0 amide bonds. The van der Waals surface area contributed by atoms with Gasteiger partial charge < -0.3 is 5.11 Å². The summed E-state index contributed by atoms with van der Waals surface area (Å²) in [6.45, 7) is -0.336. The SMILES string of the molecule is OCc1nc(C(F)F)cc(Br)c1I. The van der Waals surface area contributed by atoms with Crippen molar-refractivity contribution < 1.29 is 13.9 Å². The number of halogens is 4. The zero-order valence-electron chi connectivity index (χ0n) is 6.27. The zero-order valence-corrected chi connectivity index (χ0v) is 10.0. The van der Waals surface area contributed by atoms with E-state index < -0.39 is 6.43 Å². The summed E-state index contributed by atoms with van der Waals surface area (Å²) in [5.74, 6) is 0. The number of alkyl halides is 2. The minimum Gasteiger partial charge on any atom is -0.390 e. The van der Waals surface area contributed by atoms with Crippen LogP contribution in [0.5, 0.6) is 0 Å². The molecule has 0 aliphatic heterocycles. The molecule has 0 radical (unpaired) electrons. The van der Waals surface area contributed by atoms with E-state index in [1.807, 2.05) is 22.6 Å². The second kappa shape index (κ2) is 4.61. The van der Waals surface area contributed by atoms with E-state index in [-0.39, 0.29) is 18.0 Å². The monoisotopic (exact) mass is 363 g/mol. The van der Waals surface area contributed by atoms with E-state index in [1.165, 1.54) is 6.07 Å². The standard InChI is InChI=1S/C7H5BrF2INO/c8-3-1-4(7(9)10)12-5(2-13)6(3)11/h1,7,13H,2H2. The van der Waals surface area contributed by atoms with E-state index >= 15 is 0 Å². The second-order valence-corrected chi connectivity index (χ2v) is 4.18. The lowest BCUT2D eigenvalue weighted by atomic mass is 10.3. The van der Waals surface area contributed by atoms with Crippen LogP contribution in [0.1, 0.15) is 17.8 Å². The highest BCUT2D eigenvalue weighted by Crippen LogP contribution is 2.26. The van der Waals surface area contributed by atoms with E-state index in [1.54, 1.807) is 0 Å². The molecule has 0 bridgehead atoms. The third-order valence-corrected chi connectivity index (χ3v) is 3.95. The molecule has 1 rings (SSSR count). The van der Waals surface area contributed by atoms with Gasteiger partial charge in [-0.3, -0.25) is 0 Å². The van der Waals surface area contributed by atoms with Gasteiger partial charge in [0.2, 0.25) is 0 Å². The van der Waals surface area contributed by atoms with Crippen LogP contribution in [-0.4, -0.2) is 10.1 Å². The summed E-state index contributed by atoms with van der Waals surface area (Å²) in [4.78, 5) is 3.61. The molecule has 0 fully saturated rings. The summed E-state index contributed by atoms with van der Waals surface area (Å²) in [6, 6.07) is 1.26. The van der Waals surface area contributed by atoms with Gasteiger partial charge in [-0.15, -0.1) is 0 Å². The van der Waals surface area contributed by atoms with E-state index in [2.05, 4.69) is 20.9 Å². The number of hydrogen-bond acceptors (Lipinski definition) is 2. The van der Waals surface area contributed by atoms with Gasteiger partial charge in [-0.2, -0.15) is 0 Å². The molecule has 0 atom stereocenters. The number of nitrogens with zero attached hydrogens (tertiary/aromatic N) is 1. The van der Waals surface area contributed by atoms with Crippen LogP contribution in [0.3, 0.4) is 0 Å². The molecule has 13 heavy (non-hydrogen) atoms. The Kier molecular flexibility index (Phi) is 3.99. The highest BCUT2D eigenvalue weighted by Gasteiger charge is 2.14. The van der Waals surface area contributed by atoms with Crippen LogP contribution < -0.4 is 0 Å². The van der Waals surface area contributed by atoms with Crippen molar-refractivity contribution in [3.63, 3.8) is 0 Å². The maximum absolute atomic E-state index is 12.2. The lowest BCUT2D eigenvalue weighted by Crippen LogP contribution is -2.00. The van der Waals surface area contributed by atoms with E-state index in [0.29, 0.717) is 8.04 Å². The Balaban J connectivity index is 3.22. The average molecular weight is 364 g/mol. The lowest BCUT2D eigenvalue weighted by Gasteiger charge is -2.06. The molecular formula is C7H5BrF2INO. The first-order valence-corrected chi connectivity index (χ1v) is 5.17. The lowest BCUT2D eigenvalue weighted by molar-refractivity contribution is 0.145. The number of hydrogen-bond donors (Lipinski definition) is 1. The van der Waals surface area contributed by atoms with Crippen molar-refractivity contribution in [3.05, 3.63) is 25.5 Å². The first kappa shape index (κ1) is 11.3. The molecule has 0 saturated heterocycles. The third-order valence-electron chi connectivity index (χ3n) is 1.38. The quantitative estimate of drug-likeness (QED) is 0.819. The van der Waals surface area contributed by atoms with Crippen molar-refractivity contribution in [2.45, 2.75) is 13.0 Å². The smallest absolute Gasteiger partial charge is 0.280 e. The molecule has 2 nitrogen and oxygen atoms in total. The van der Waals surface area contributed by atoms with Gasteiger partial charge in [0.15, 0.2) is 0 Å². The van der Waals surface area contributed by atoms with Crippen LogP contribution in [0.4, 0.5) is 8.78 Å². The Labute approximate surface area is 95.6 Å². The van der Waals surface area contributed by atoms with Gasteiger partial charge >= 0.3 is 0 Å². The summed E-state index contributed by atoms with van der Waals surface area (Å²) >= 11 is 5.04. The van der Waals surface area contributed by atoms with Crippen molar-refractivity contribution >= 4 is 38.5 Å². The molecule has 0 aliphatic carbocycles. The van der Waals surface area contributed by atoms with Crippen molar-refractivity contribution in [1.82, 2.24) is 4.98 Å². The fraction of sp³-hybridized carbons (Fsp3) is 0.286. The minimum absolute atomic E-state index is 0.269. The first-order chi connectivity index (χ1) is 6.06. The Bertz CT molecular complexity index is 322. The average Bonchev–Trinajstić information content (AvgIpc) is 2.09. The number of pyridine rings is 1. The molecule has 0 aliphatic rings. The summed E-state index contributed by atoms with van der Waals surface area (Å²) in [6.07, 6.45) is -2.61. The molecular weight excluding hydrogens is 359 g/mol. The van der Waals surface area contributed by atoms with Crippen molar-refractivity contribution in [1.29, 1.82) is 0 Å². The van der Waals surface area contributed by atoms with Crippen LogP contribution in [0.25, 0.3) is 0 Å². The maximum atomic E-state index is 12.2. The number of aliphatic hydroxyl groups excluding tert-OH is 1. The molecule has 1 N–H and O–H groups in total. The summed E-state index contributed by atoms with van der Waals surface area (Å²) < 4.78 is 25.6. The Morgan fingerprint density at radius 2 is 2.23 bits per heavy atom. The Hall–Kier alpha value is 0.180. The fourth-order valence-electron chi connectivity index (χ4n) is 0.785. The number of rotatable bonds is 2. The molecule has 0 spiro atoms. The number of aliphatic hydroxyl groups is 1. The predicted molar refractivity (Wildman–Crippen MR) is 55.5 cm³/mol. The van der Waals surface area contributed by atoms with Crippen LogP contribution in [0.2, 0.25) is 0 Å². The van der Waals surface area contributed by atoms with Gasteiger partial charge in [0.05, 0.1) is 15.9 Å². The van der Waals surface area contributed by atoms with Crippen LogP contribution >= 0.6 is 38.5 Å². The minimum atomic E-state index is -2.61. The molecule has 0 saturated carbocycles. The highest BCUT2D eigenvalue weighted by molar-refractivity contribution is 14.1. The van der Waals surface area contributed by atoms with Gasteiger partial charge in [0.25, 0.3) is 6.43 Å². The Morgan fingerprint density at radius 1 is 1.62 bits per heavy atom. The Morgan fingerprint density at radius 3 is 2.69 bits per heavy atom. The van der Waals surface area contributed by atoms with E-state index in [4.69, 9.17) is 5.11 Å². The molecule has 1 heterocycles. The topological polar surface area (TPSA) is 33.1 Å². The zero-order chi connectivity index (χ0) is 10.0. The summed E-state index contributed by atoms with van der Waals surface area (Å²) in [7, 11) is 0. The molecule has 1 aromatic rings. The largest absolute Gasteiger partial charge is 0.390 e. The molecule has 0 unspecified atom stereocenters. The van der Waals surface area contributed by atoms with E-state index in [0.717, 1.165) is 0 Å². The second-order valence-electron chi connectivity index (χ2n) is 2.25. The third kappa shape index (κ3) is 2.57.